The van der Waals surface area contributed by atoms with Gasteiger partial charge in [-0.05, 0) is 34.2 Å². The zero-order valence-electron chi connectivity index (χ0n) is 11.0. The smallest absolute Gasteiger partial charge is 0.406 e. The summed E-state index contributed by atoms with van der Waals surface area (Å²) in [6.45, 7) is 1.54. The van der Waals surface area contributed by atoms with Gasteiger partial charge in [0.25, 0.3) is 0 Å². The minimum atomic E-state index is -1.15. The van der Waals surface area contributed by atoms with Gasteiger partial charge in [-0.3, -0.25) is 0 Å². The second-order valence-corrected chi connectivity index (χ2v) is 4.14. The molecule has 0 aromatic carbocycles. The highest BCUT2D eigenvalue weighted by molar-refractivity contribution is 5.85. The van der Waals surface area contributed by atoms with Gasteiger partial charge in [0, 0.05) is 6.92 Å². The molecule has 0 aliphatic rings. The number of carbonyl (C=O) groups is 1. The first-order valence-corrected chi connectivity index (χ1v) is 5.91. The molecule has 108 valence electrons. The first kappa shape index (κ1) is 14.4. The largest absolute Gasteiger partial charge is 0.479 e. The van der Waals surface area contributed by atoms with Crippen LogP contribution in [-0.4, -0.2) is 26.0 Å². The van der Waals surface area contributed by atoms with E-state index in [2.05, 4.69) is 9.97 Å². The Morgan fingerprint density at radius 3 is 2.76 bits per heavy atom. The molecule has 2 aromatic heterocycles. The maximum Gasteiger partial charge on any atom is 0.406 e. The van der Waals surface area contributed by atoms with Crippen molar-refractivity contribution in [1.29, 1.82) is 0 Å². The Morgan fingerprint density at radius 2 is 2.10 bits per heavy atom. The lowest BCUT2D eigenvalue weighted by atomic mass is 10.3. The Hall–Kier alpha value is -3.03. The Balaban J connectivity index is 2.18. The maximum absolute atomic E-state index is 10.9. The van der Waals surface area contributed by atoms with Gasteiger partial charge in [0.2, 0.25) is 5.75 Å². The molecule has 0 unspecified atom stereocenters. The van der Waals surface area contributed by atoms with Gasteiger partial charge >= 0.3 is 11.8 Å². The van der Waals surface area contributed by atoms with Gasteiger partial charge < -0.3 is 20.0 Å². The maximum atomic E-state index is 10.9. The predicted molar refractivity (Wildman–Crippen MR) is 71.2 cm³/mol. The van der Waals surface area contributed by atoms with Crippen LogP contribution >= 0.6 is 0 Å². The summed E-state index contributed by atoms with van der Waals surface area (Å²) in [4.78, 5) is 28.7. The summed E-state index contributed by atoms with van der Waals surface area (Å²) in [5.41, 5.74) is 0.734. The van der Waals surface area contributed by atoms with Gasteiger partial charge in [0.1, 0.15) is 18.0 Å². The standard InChI is InChI=1S/C13H11N3O5/c1-8-5-6-11(12(14-8)16(19)20)21-7-9-3-2-4-10(15-9)13(17)18/h2-6H,7H2,1H3,(H,17,18). The molecular formula is C13H11N3O5. The summed E-state index contributed by atoms with van der Waals surface area (Å²) in [6, 6.07) is 7.48. The van der Waals surface area contributed by atoms with Crippen LogP contribution in [0.25, 0.3) is 0 Å². The molecule has 2 rings (SSSR count). The van der Waals surface area contributed by atoms with Crippen LogP contribution in [0.1, 0.15) is 21.9 Å². The highest BCUT2D eigenvalue weighted by Gasteiger charge is 2.18. The lowest BCUT2D eigenvalue weighted by molar-refractivity contribution is -0.390. The summed E-state index contributed by atoms with van der Waals surface area (Å²) in [5, 5.41) is 19.7. The van der Waals surface area contributed by atoms with Gasteiger partial charge in [-0.2, -0.15) is 0 Å². The monoisotopic (exact) mass is 289 g/mol. The normalized spacial score (nSPS) is 10.1. The van der Waals surface area contributed by atoms with Crippen LogP contribution in [0.5, 0.6) is 5.75 Å². The SMILES string of the molecule is Cc1ccc(OCc2cccc(C(=O)O)n2)c([N+](=O)[O-])n1. The molecule has 2 heterocycles. The van der Waals surface area contributed by atoms with Crippen LogP contribution in [0.15, 0.2) is 30.3 Å². The van der Waals surface area contributed by atoms with Crippen molar-refractivity contribution in [2.45, 2.75) is 13.5 Å². The molecule has 0 spiro atoms. The molecule has 0 radical (unpaired) electrons. The van der Waals surface area contributed by atoms with E-state index >= 15 is 0 Å². The van der Waals surface area contributed by atoms with Crippen molar-refractivity contribution >= 4 is 11.8 Å². The van der Waals surface area contributed by atoms with Gasteiger partial charge in [0.05, 0.1) is 5.69 Å². The van der Waals surface area contributed by atoms with E-state index in [0.29, 0.717) is 11.4 Å². The molecule has 0 fully saturated rings. The number of carboxylic acids is 1. The van der Waals surface area contributed by atoms with Crippen molar-refractivity contribution in [1.82, 2.24) is 9.97 Å². The fraction of sp³-hybridized carbons (Fsp3) is 0.154. The van der Waals surface area contributed by atoms with Crippen molar-refractivity contribution in [3.63, 3.8) is 0 Å². The van der Waals surface area contributed by atoms with E-state index in [-0.39, 0.29) is 23.9 Å². The fourth-order valence-corrected chi connectivity index (χ4v) is 1.60. The molecule has 8 heteroatoms. The number of nitro groups is 1. The third-order valence-electron chi connectivity index (χ3n) is 2.55. The molecule has 0 saturated heterocycles. The topological polar surface area (TPSA) is 115 Å². The summed E-state index contributed by atoms with van der Waals surface area (Å²) in [5.74, 6) is -1.53. The van der Waals surface area contributed by atoms with Crippen LogP contribution < -0.4 is 4.74 Å². The first-order valence-electron chi connectivity index (χ1n) is 5.91. The highest BCUT2D eigenvalue weighted by atomic mass is 16.6. The van der Waals surface area contributed by atoms with Crippen LogP contribution in [-0.2, 0) is 6.61 Å². The second-order valence-electron chi connectivity index (χ2n) is 4.14. The van der Waals surface area contributed by atoms with Crippen molar-refractivity contribution < 1.29 is 19.6 Å². The molecule has 21 heavy (non-hydrogen) atoms. The van der Waals surface area contributed by atoms with Crippen LogP contribution in [0.3, 0.4) is 0 Å². The van der Waals surface area contributed by atoms with E-state index in [9.17, 15) is 14.9 Å². The number of aromatic nitrogens is 2. The van der Waals surface area contributed by atoms with E-state index in [1.807, 2.05) is 0 Å². The Labute approximate surface area is 119 Å². The Morgan fingerprint density at radius 1 is 1.33 bits per heavy atom. The summed E-state index contributed by atoms with van der Waals surface area (Å²) in [7, 11) is 0. The molecular weight excluding hydrogens is 278 g/mol. The fourth-order valence-electron chi connectivity index (χ4n) is 1.60. The molecule has 0 aliphatic carbocycles. The number of pyridine rings is 2. The van der Waals surface area contributed by atoms with Gasteiger partial charge in [-0.15, -0.1) is 0 Å². The minimum Gasteiger partial charge on any atom is -0.479 e. The number of hydrogen-bond donors (Lipinski definition) is 1. The zero-order chi connectivity index (χ0) is 15.4. The number of ether oxygens (including phenoxy) is 1. The number of carboxylic acid groups (broad SMARTS) is 1. The average Bonchev–Trinajstić information content (AvgIpc) is 2.46. The van der Waals surface area contributed by atoms with E-state index in [4.69, 9.17) is 9.84 Å². The van der Waals surface area contributed by atoms with E-state index in [1.54, 1.807) is 19.1 Å². The molecule has 2 aromatic rings. The van der Waals surface area contributed by atoms with E-state index < -0.39 is 10.9 Å². The Bertz CT molecular complexity index is 702. The van der Waals surface area contributed by atoms with E-state index in [1.165, 1.54) is 18.2 Å². The van der Waals surface area contributed by atoms with Crippen LogP contribution in [0, 0.1) is 17.0 Å². The summed E-state index contributed by atoms with van der Waals surface area (Å²) < 4.78 is 5.31. The van der Waals surface area contributed by atoms with Crippen LogP contribution in [0.4, 0.5) is 5.82 Å². The van der Waals surface area contributed by atoms with E-state index in [0.717, 1.165) is 0 Å². The highest BCUT2D eigenvalue weighted by Crippen LogP contribution is 2.25. The van der Waals surface area contributed by atoms with Crippen molar-refractivity contribution in [3.8, 4) is 5.75 Å². The number of rotatable bonds is 5. The molecule has 8 nitrogen and oxygen atoms in total. The third kappa shape index (κ3) is 3.50. The molecule has 1 N–H and O–H groups in total. The summed E-state index contributed by atoms with van der Waals surface area (Å²) in [6.07, 6.45) is 0. The number of aryl methyl sites for hydroxylation is 1. The van der Waals surface area contributed by atoms with Gasteiger partial charge in [0.15, 0.2) is 0 Å². The lowest BCUT2D eigenvalue weighted by Gasteiger charge is -2.06. The quantitative estimate of drug-likeness (QED) is 0.660. The molecule has 0 amide bonds. The van der Waals surface area contributed by atoms with Crippen LogP contribution in [0.2, 0.25) is 0 Å². The summed E-state index contributed by atoms with van der Waals surface area (Å²) >= 11 is 0. The minimum absolute atomic E-state index is 0.00753. The zero-order valence-corrected chi connectivity index (χ0v) is 11.0. The number of nitrogens with zero attached hydrogens (tertiary/aromatic N) is 3. The Kier molecular flexibility index (Phi) is 4.07. The molecule has 0 atom stereocenters. The third-order valence-corrected chi connectivity index (χ3v) is 2.55. The molecule has 0 aliphatic heterocycles. The molecule has 0 bridgehead atoms. The molecule has 0 saturated carbocycles. The predicted octanol–water partition coefficient (Wildman–Crippen LogP) is 1.97. The second kappa shape index (κ2) is 5.95. The van der Waals surface area contributed by atoms with Crippen molar-refractivity contribution in [2.24, 2.45) is 0 Å². The van der Waals surface area contributed by atoms with Gasteiger partial charge in [-0.25, -0.2) is 9.78 Å². The number of hydrogen-bond acceptors (Lipinski definition) is 6. The number of aromatic carboxylic acids is 1. The van der Waals surface area contributed by atoms with Crippen molar-refractivity contribution in [2.75, 3.05) is 0 Å². The average molecular weight is 289 g/mol. The van der Waals surface area contributed by atoms with Crippen molar-refractivity contribution in [3.05, 3.63) is 57.5 Å². The first-order chi connectivity index (χ1) is 9.97. The van der Waals surface area contributed by atoms with Gasteiger partial charge in [-0.1, -0.05) is 6.07 Å². The lowest BCUT2D eigenvalue weighted by Crippen LogP contribution is -2.06.